The van der Waals surface area contributed by atoms with E-state index >= 15 is 0 Å². The molecule has 1 atom stereocenters. The van der Waals surface area contributed by atoms with Crippen LogP contribution in [0.15, 0.2) is 48.5 Å². The van der Waals surface area contributed by atoms with Crippen molar-refractivity contribution in [3.8, 4) is 17.4 Å². The molecule has 0 spiro atoms. The highest BCUT2D eigenvalue weighted by atomic mass is 16.5. The van der Waals surface area contributed by atoms with Crippen LogP contribution in [0.3, 0.4) is 0 Å². The molecular formula is C23H26N2O3. The Labute approximate surface area is 165 Å². The number of carbonyl (C=O) groups is 1. The Hall–Kier alpha value is -3.08. The smallest absolute Gasteiger partial charge is 0.219 e. The van der Waals surface area contributed by atoms with Crippen molar-refractivity contribution in [3.05, 3.63) is 59.7 Å². The minimum absolute atomic E-state index is 0.0466. The average molecular weight is 378 g/mol. The first-order valence-electron chi connectivity index (χ1n) is 9.45. The van der Waals surface area contributed by atoms with Crippen molar-refractivity contribution in [2.45, 2.75) is 46.8 Å². The molecule has 1 heterocycles. The number of carbonyl (C=O) groups excluding carboxylic acids is 1. The second-order valence-corrected chi connectivity index (χ2v) is 7.22. The van der Waals surface area contributed by atoms with Crippen LogP contribution in [-0.4, -0.2) is 17.0 Å². The van der Waals surface area contributed by atoms with Gasteiger partial charge in [-0.05, 0) is 75.2 Å². The van der Waals surface area contributed by atoms with E-state index < -0.39 is 0 Å². The van der Waals surface area contributed by atoms with Crippen molar-refractivity contribution in [3.63, 3.8) is 0 Å². The van der Waals surface area contributed by atoms with Gasteiger partial charge in [-0.15, -0.1) is 0 Å². The topological polar surface area (TPSA) is 60.5 Å². The third kappa shape index (κ3) is 4.80. The molecule has 0 fully saturated rings. The lowest BCUT2D eigenvalue weighted by atomic mass is 10.1. The minimum atomic E-state index is -0.0490. The Morgan fingerprint density at radius 1 is 1.04 bits per heavy atom. The number of nitrogens with zero attached hydrogens (tertiary/aromatic N) is 1. The molecule has 5 heteroatoms. The summed E-state index contributed by atoms with van der Waals surface area (Å²) in [4.78, 5) is 15.9. The van der Waals surface area contributed by atoms with Gasteiger partial charge in [-0.25, -0.2) is 4.98 Å². The third-order valence-electron chi connectivity index (χ3n) is 4.34. The molecule has 1 amide bonds. The molecule has 3 aromatic rings. The second-order valence-electron chi connectivity index (χ2n) is 7.22. The van der Waals surface area contributed by atoms with Crippen LogP contribution in [0.4, 0.5) is 0 Å². The SMILES string of the molecule is CC(=O)NC(C)c1ccc2nc(Oc3ccc(OC(C)C)cc3C)ccc2c1. The highest BCUT2D eigenvalue weighted by Gasteiger charge is 2.10. The van der Waals surface area contributed by atoms with Gasteiger partial charge in [0.25, 0.3) is 0 Å². The van der Waals surface area contributed by atoms with Crippen LogP contribution >= 0.6 is 0 Å². The molecule has 0 bridgehead atoms. The third-order valence-corrected chi connectivity index (χ3v) is 4.34. The lowest BCUT2D eigenvalue weighted by molar-refractivity contribution is -0.119. The summed E-state index contributed by atoms with van der Waals surface area (Å²) in [5.74, 6) is 2.07. The first-order valence-corrected chi connectivity index (χ1v) is 9.45. The maximum Gasteiger partial charge on any atom is 0.219 e. The standard InChI is InChI=1S/C23H26N2O3/c1-14(2)27-20-8-10-22(15(3)12-20)28-23-11-7-19-13-18(6-9-21(19)25-23)16(4)24-17(5)26/h6-14,16H,1-5H3,(H,24,26). The fourth-order valence-corrected chi connectivity index (χ4v) is 3.03. The van der Waals surface area contributed by atoms with Gasteiger partial charge in [0.15, 0.2) is 0 Å². The fraction of sp³-hybridized carbons (Fsp3) is 0.304. The largest absolute Gasteiger partial charge is 0.491 e. The van der Waals surface area contributed by atoms with Crippen LogP contribution in [0.2, 0.25) is 0 Å². The zero-order valence-corrected chi connectivity index (χ0v) is 16.9. The molecule has 0 aliphatic carbocycles. The maximum atomic E-state index is 11.3. The number of hydrogen-bond acceptors (Lipinski definition) is 4. The molecule has 5 nitrogen and oxygen atoms in total. The zero-order chi connectivity index (χ0) is 20.3. The molecule has 0 saturated carbocycles. The molecule has 1 N–H and O–H groups in total. The number of aryl methyl sites for hydroxylation is 1. The summed E-state index contributed by atoms with van der Waals surface area (Å²) < 4.78 is 11.7. The highest BCUT2D eigenvalue weighted by Crippen LogP contribution is 2.29. The van der Waals surface area contributed by atoms with E-state index in [0.29, 0.717) is 5.88 Å². The number of rotatable bonds is 6. The van der Waals surface area contributed by atoms with Crippen LogP contribution in [0.25, 0.3) is 10.9 Å². The Morgan fingerprint density at radius 3 is 2.50 bits per heavy atom. The summed E-state index contributed by atoms with van der Waals surface area (Å²) in [5, 5.41) is 3.90. The summed E-state index contributed by atoms with van der Waals surface area (Å²) in [6.07, 6.45) is 0.131. The van der Waals surface area contributed by atoms with Gasteiger partial charge in [0.2, 0.25) is 11.8 Å². The number of amides is 1. The Kier molecular flexibility index (Phi) is 5.83. The number of hydrogen-bond donors (Lipinski definition) is 1. The number of aromatic nitrogens is 1. The maximum absolute atomic E-state index is 11.3. The van der Waals surface area contributed by atoms with Gasteiger partial charge in [-0.2, -0.15) is 0 Å². The van der Waals surface area contributed by atoms with Gasteiger partial charge >= 0.3 is 0 Å². The van der Waals surface area contributed by atoms with E-state index in [1.54, 1.807) is 0 Å². The van der Waals surface area contributed by atoms with Crippen molar-refractivity contribution in [2.75, 3.05) is 0 Å². The molecule has 2 aromatic carbocycles. The molecule has 0 saturated heterocycles. The van der Waals surface area contributed by atoms with E-state index in [1.165, 1.54) is 6.92 Å². The summed E-state index contributed by atoms with van der Waals surface area (Å²) in [6.45, 7) is 9.47. The molecule has 0 radical (unpaired) electrons. The fourth-order valence-electron chi connectivity index (χ4n) is 3.03. The highest BCUT2D eigenvalue weighted by molar-refractivity contribution is 5.80. The lowest BCUT2D eigenvalue weighted by Gasteiger charge is -2.14. The normalized spacial score (nSPS) is 12.1. The van der Waals surface area contributed by atoms with Crippen molar-refractivity contribution in [2.24, 2.45) is 0 Å². The van der Waals surface area contributed by atoms with Crippen molar-refractivity contribution >= 4 is 16.8 Å². The van der Waals surface area contributed by atoms with Crippen LogP contribution in [-0.2, 0) is 4.79 Å². The van der Waals surface area contributed by atoms with E-state index in [1.807, 2.05) is 76.2 Å². The van der Waals surface area contributed by atoms with Gasteiger partial charge in [-0.1, -0.05) is 6.07 Å². The van der Waals surface area contributed by atoms with Crippen LogP contribution in [0.5, 0.6) is 17.4 Å². The van der Waals surface area contributed by atoms with Crippen LogP contribution in [0.1, 0.15) is 44.9 Å². The zero-order valence-electron chi connectivity index (χ0n) is 16.9. The van der Waals surface area contributed by atoms with E-state index in [-0.39, 0.29) is 18.1 Å². The number of benzene rings is 2. The molecule has 0 aliphatic heterocycles. The molecular weight excluding hydrogens is 352 g/mol. The van der Waals surface area contributed by atoms with Gasteiger partial charge in [0.1, 0.15) is 11.5 Å². The Bertz CT molecular complexity index is 998. The van der Waals surface area contributed by atoms with Gasteiger partial charge in [0.05, 0.1) is 17.7 Å². The quantitative estimate of drug-likeness (QED) is 0.631. The summed E-state index contributed by atoms with van der Waals surface area (Å²) in [5.41, 5.74) is 2.86. The predicted octanol–water partition coefficient (Wildman–Crippen LogP) is 5.32. The molecule has 28 heavy (non-hydrogen) atoms. The van der Waals surface area contributed by atoms with E-state index in [4.69, 9.17) is 9.47 Å². The second kappa shape index (κ2) is 8.30. The van der Waals surface area contributed by atoms with E-state index in [2.05, 4.69) is 10.3 Å². The van der Waals surface area contributed by atoms with Crippen molar-refractivity contribution in [1.82, 2.24) is 10.3 Å². The summed E-state index contributed by atoms with van der Waals surface area (Å²) >= 11 is 0. The molecule has 1 unspecified atom stereocenters. The first kappa shape index (κ1) is 19.7. The molecule has 1 aromatic heterocycles. The minimum Gasteiger partial charge on any atom is -0.491 e. The van der Waals surface area contributed by atoms with Crippen molar-refractivity contribution < 1.29 is 14.3 Å². The Balaban J connectivity index is 1.80. The van der Waals surface area contributed by atoms with Crippen LogP contribution in [0, 0.1) is 6.92 Å². The lowest BCUT2D eigenvalue weighted by Crippen LogP contribution is -2.23. The summed E-state index contributed by atoms with van der Waals surface area (Å²) in [7, 11) is 0. The molecule has 3 rings (SSSR count). The van der Waals surface area contributed by atoms with Crippen molar-refractivity contribution in [1.29, 1.82) is 0 Å². The first-order chi connectivity index (χ1) is 13.3. The number of ether oxygens (including phenoxy) is 2. The number of nitrogens with one attached hydrogen (secondary N) is 1. The average Bonchev–Trinajstić information content (AvgIpc) is 2.62. The number of fused-ring (bicyclic) bond motifs is 1. The van der Waals surface area contributed by atoms with Crippen LogP contribution < -0.4 is 14.8 Å². The summed E-state index contributed by atoms with van der Waals surface area (Å²) in [6, 6.07) is 15.5. The van der Waals surface area contributed by atoms with E-state index in [9.17, 15) is 4.79 Å². The monoisotopic (exact) mass is 378 g/mol. The Morgan fingerprint density at radius 2 is 1.82 bits per heavy atom. The van der Waals surface area contributed by atoms with Gasteiger partial charge in [0, 0.05) is 18.4 Å². The van der Waals surface area contributed by atoms with Gasteiger partial charge < -0.3 is 14.8 Å². The van der Waals surface area contributed by atoms with E-state index in [0.717, 1.165) is 33.5 Å². The van der Waals surface area contributed by atoms with Gasteiger partial charge in [-0.3, -0.25) is 4.79 Å². The number of pyridine rings is 1. The molecule has 0 aliphatic rings. The predicted molar refractivity (Wildman–Crippen MR) is 111 cm³/mol. The molecule has 146 valence electrons.